The van der Waals surface area contributed by atoms with Crippen LogP contribution in [0.4, 0.5) is 0 Å². The van der Waals surface area contributed by atoms with Gasteiger partial charge in [0.15, 0.2) is 0 Å². The highest BCUT2D eigenvalue weighted by molar-refractivity contribution is 7.89. The van der Waals surface area contributed by atoms with Crippen LogP contribution in [-0.2, 0) is 10.0 Å². The molecule has 2 aromatic rings. The van der Waals surface area contributed by atoms with Gasteiger partial charge in [0.1, 0.15) is 5.15 Å². The maximum absolute atomic E-state index is 11.2. The standard InChI is InChI=1S/C8H4Cl3N3O2S/c9-5-2-3(17(12,15)16)1-4-6(5)13-8(11)14-7(4)10/h1-2H,(H2,12,15,16). The number of nitrogens with two attached hydrogens (primary N) is 1. The average Bonchev–Trinajstić information content (AvgIpc) is 2.17. The van der Waals surface area contributed by atoms with Crippen molar-refractivity contribution in [2.45, 2.75) is 4.90 Å². The second-order valence-corrected chi connectivity index (χ2v) is 5.79. The molecule has 0 atom stereocenters. The Kier molecular flexibility index (Phi) is 3.17. The van der Waals surface area contributed by atoms with E-state index in [-0.39, 0.29) is 31.3 Å². The van der Waals surface area contributed by atoms with Gasteiger partial charge in [-0.1, -0.05) is 23.2 Å². The average molecular weight is 313 g/mol. The third kappa shape index (κ3) is 2.46. The molecule has 0 fully saturated rings. The lowest BCUT2D eigenvalue weighted by Gasteiger charge is -2.05. The monoisotopic (exact) mass is 311 g/mol. The van der Waals surface area contributed by atoms with Gasteiger partial charge in [0.25, 0.3) is 0 Å². The minimum absolute atomic E-state index is 0.00685. The van der Waals surface area contributed by atoms with Crippen molar-refractivity contribution in [3.63, 3.8) is 0 Å². The number of hydrogen-bond donors (Lipinski definition) is 1. The number of fused-ring (bicyclic) bond motifs is 1. The summed E-state index contributed by atoms with van der Waals surface area (Å²) in [6, 6.07) is 2.42. The number of halogens is 3. The van der Waals surface area contributed by atoms with Crippen molar-refractivity contribution in [1.29, 1.82) is 0 Å². The van der Waals surface area contributed by atoms with Crippen molar-refractivity contribution < 1.29 is 8.42 Å². The van der Waals surface area contributed by atoms with Crippen LogP contribution in [0.15, 0.2) is 17.0 Å². The van der Waals surface area contributed by atoms with Crippen LogP contribution in [0.3, 0.4) is 0 Å². The van der Waals surface area contributed by atoms with Crippen LogP contribution in [-0.4, -0.2) is 18.4 Å². The predicted molar refractivity (Wildman–Crippen MR) is 65.9 cm³/mol. The van der Waals surface area contributed by atoms with E-state index in [2.05, 4.69) is 9.97 Å². The molecule has 0 saturated carbocycles. The van der Waals surface area contributed by atoms with E-state index in [0.717, 1.165) is 0 Å². The summed E-state index contributed by atoms with van der Waals surface area (Å²) in [5.41, 5.74) is 0.268. The minimum Gasteiger partial charge on any atom is -0.225 e. The van der Waals surface area contributed by atoms with E-state index in [1.807, 2.05) is 0 Å². The summed E-state index contributed by atoms with van der Waals surface area (Å²) in [5.74, 6) is 0. The van der Waals surface area contributed by atoms with E-state index in [1.54, 1.807) is 0 Å². The summed E-state index contributed by atoms with van der Waals surface area (Å²) in [6.07, 6.45) is 0. The first-order chi connectivity index (χ1) is 7.79. The molecule has 0 aliphatic heterocycles. The smallest absolute Gasteiger partial charge is 0.225 e. The lowest BCUT2D eigenvalue weighted by molar-refractivity contribution is 0.598. The highest BCUT2D eigenvalue weighted by Gasteiger charge is 2.15. The lowest BCUT2D eigenvalue weighted by atomic mass is 10.2. The largest absolute Gasteiger partial charge is 0.238 e. The fourth-order valence-corrected chi connectivity index (χ4v) is 2.59. The molecule has 2 N–H and O–H groups in total. The van der Waals surface area contributed by atoms with Crippen LogP contribution in [0.25, 0.3) is 10.9 Å². The van der Waals surface area contributed by atoms with Gasteiger partial charge in [0, 0.05) is 5.39 Å². The van der Waals surface area contributed by atoms with Crippen LogP contribution in [0.1, 0.15) is 0 Å². The zero-order valence-corrected chi connectivity index (χ0v) is 11.1. The van der Waals surface area contributed by atoms with Gasteiger partial charge >= 0.3 is 0 Å². The van der Waals surface area contributed by atoms with E-state index in [9.17, 15) is 8.42 Å². The van der Waals surface area contributed by atoms with Gasteiger partial charge in [0.05, 0.1) is 15.4 Å². The molecule has 5 nitrogen and oxygen atoms in total. The molecule has 0 aliphatic rings. The SMILES string of the molecule is NS(=O)(=O)c1cc(Cl)c2nc(Cl)nc(Cl)c2c1. The molecule has 0 spiro atoms. The summed E-state index contributed by atoms with van der Waals surface area (Å²) in [7, 11) is -3.88. The molecule has 1 heterocycles. The molecule has 17 heavy (non-hydrogen) atoms. The van der Waals surface area contributed by atoms with Crippen molar-refractivity contribution in [3.8, 4) is 0 Å². The Labute approximate surface area is 112 Å². The Morgan fingerprint density at radius 3 is 2.35 bits per heavy atom. The van der Waals surface area contributed by atoms with Gasteiger partial charge in [-0.3, -0.25) is 0 Å². The summed E-state index contributed by atoms with van der Waals surface area (Å²) in [6.45, 7) is 0. The first-order valence-corrected chi connectivity index (χ1v) is 6.82. The summed E-state index contributed by atoms with van der Waals surface area (Å²) >= 11 is 17.3. The van der Waals surface area contributed by atoms with E-state index < -0.39 is 10.0 Å². The molecule has 2 rings (SSSR count). The van der Waals surface area contributed by atoms with Gasteiger partial charge < -0.3 is 0 Å². The normalized spacial score (nSPS) is 12.0. The van der Waals surface area contributed by atoms with Crippen molar-refractivity contribution in [3.05, 3.63) is 27.6 Å². The summed E-state index contributed by atoms with van der Waals surface area (Å²) in [4.78, 5) is 7.39. The number of hydrogen-bond acceptors (Lipinski definition) is 4. The second kappa shape index (κ2) is 4.22. The zero-order chi connectivity index (χ0) is 12.8. The maximum Gasteiger partial charge on any atom is 0.238 e. The molecule has 90 valence electrons. The Hall–Kier alpha value is -0.660. The maximum atomic E-state index is 11.2. The second-order valence-electron chi connectivity index (χ2n) is 3.13. The zero-order valence-electron chi connectivity index (χ0n) is 7.99. The fourth-order valence-electron chi connectivity index (χ4n) is 1.27. The molecule has 0 unspecified atom stereocenters. The molecule has 0 bridgehead atoms. The first-order valence-electron chi connectivity index (χ1n) is 4.14. The quantitative estimate of drug-likeness (QED) is 0.646. The lowest BCUT2D eigenvalue weighted by Crippen LogP contribution is -2.12. The minimum atomic E-state index is -3.88. The van der Waals surface area contributed by atoms with Gasteiger partial charge in [-0.05, 0) is 23.7 Å². The molecular formula is C8H4Cl3N3O2S. The van der Waals surface area contributed by atoms with Crippen LogP contribution < -0.4 is 5.14 Å². The fraction of sp³-hybridized carbons (Fsp3) is 0. The van der Waals surface area contributed by atoms with Crippen LogP contribution >= 0.6 is 34.8 Å². The van der Waals surface area contributed by atoms with Gasteiger partial charge in [0.2, 0.25) is 15.3 Å². The Balaban J connectivity index is 2.92. The Bertz CT molecular complexity index is 718. The topological polar surface area (TPSA) is 85.9 Å². The van der Waals surface area contributed by atoms with Crippen LogP contribution in [0.5, 0.6) is 0 Å². The predicted octanol–water partition coefficient (Wildman–Crippen LogP) is 2.24. The highest BCUT2D eigenvalue weighted by atomic mass is 35.5. The number of rotatable bonds is 1. The number of nitrogens with zero attached hydrogens (tertiary/aromatic N) is 2. The molecular weight excluding hydrogens is 309 g/mol. The molecule has 0 amide bonds. The Morgan fingerprint density at radius 2 is 1.76 bits per heavy atom. The van der Waals surface area contributed by atoms with Gasteiger partial charge in [-0.15, -0.1) is 0 Å². The number of primary sulfonamides is 1. The number of benzene rings is 1. The molecule has 1 aromatic heterocycles. The van der Waals surface area contributed by atoms with Crippen LogP contribution in [0, 0.1) is 0 Å². The van der Waals surface area contributed by atoms with Gasteiger partial charge in [-0.2, -0.15) is 0 Å². The van der Waals surface area contributed by atoms with Crippen molar-refractivity contribution in [2.75, 3.05) is 0 Å². The summed E-state index contributed by atoms with van der Waals surface area (Å²) < 4.78 is 22.4. The van der Waals surface area contributed by atoms with Crippen LogP contribution in [0.2, 0.25) is 15.5 Å². The van der Waals surface area contributed by atoms with E-state index >= 15 is 0 Å². The van der Waals surface area contributed by atoms with Gasteiger partial charge in [-0.25, -0.2) is 23.5 Å². The molecule has 0 aliphatic carbocycles. The van der Waals surface area contributed by atoms with E-state index in [1.165, 1.54) is 12.1 Å². The van der Waals surface area contributed by atoms with Crippen molar-refractivity contribution >= 4 is 55.7 Å². The summed E-state index contributed by atoms with van der Waals surface area (Å²) in [5, 5.41) is 5.28. The highest BCUT2D eigenvalue weighted by Crippen LogP contribution is 2.30. The third-order valence-corrected chi connectivity index (χ3v) is 3.62. The molecule has 0 saturated heterocycles. The number of aromatic nitrogens is 2. The third-order valence-electron chi connectivity index (χ3n) is 1.98. The van der Waals surface area contributed by atoms with Crippen molar-refractivity contribution in [2.24, 2.45) is 5.14 Å². The number of sulfonamides is 1. The first kappa shape index (κ1) is 12.8. The van der Waals surface area contributed by atoms with E-state index in [0.29, 0.717) is 0 Å². The molecule has 9 heteroatoms. The van der Waals surface area contributed by atoms with Crippen molar-refractivity contribution in [1.82, 2.24) is 9.97 Å². The molecule has 1 aromatic carbocycles. The Morgan fingerprint density at radius 1 is 1.12 bits per heavy atom. The van der Waals surface area contributed by atoms with E-state index in [4.69, 9.17) is 39.9 Å². The molecule has 0 radical (unpaired) electrons.